The molecule has 64 valence electrons. The molecule has 0 atom stereocenters. The van der Waals surface area contributed by atoms with Crippen molar-refractivity contribution < 1.29 is 4.84 Å². The van der Waals surface area contributed by atoms with Crippen molar-refractivity contribution in [3.8, 4) is 0 Å². The van der Waals surface area contributed by atoms with E-state index in [1.807, 2.05) is 0 Å². The van der Waals surface area contributed by atoms with Gasteiger partial charge < -0.3 is 9.74 Å². The van der Waals surface area contributed by atoms with Crippen LogP contribution in [0.3, 0.4) is 0 Å². The average molecular weight is 156 g/mol. The molecule has 1 aliphatic heterocycles. The summed E-state index contributed by atoms with van der Waals surface area (Å²) < 4.78 is 0. The topological polar surface area (TPSA) is 24.8 Å². The molecule has 0 spiro atoms. The molecule has 1 aliphatic rings. The third-order valence-corrected chi connectivity index (χ3v) is 2.10. The Bertz CT molecular complexity index is 135. The summed E-state index contributed by atoms with van der Waals surface area (Å²) in [7, 11) is 1.61. The fraction of sp³-hybridized carbons (Fsp3) is 0.875. The van der Waals surface area contributed by atoms with Gasteiger partial charge in [0.25, 0.3) is 0 Å². The van der Waals surface area contributed by atoms with Crippen molar-refractivity contribution in [3.63, 3.8) is 0 Å². The highest BCUT2D eigenvalue weighted by Gasteiger charge is 2.12. The van der Waals surface area contributed by atoms with Crippen LogP contribution in [0.2, 0.25) is 0 Å². The van der Waals surface area contributed by atoms with Crippen molar-refractivity contribution in [2.75, 3.05) is 26.7 Å². The van der Waals surface area contributed by atoms with Gasteiger partial charge in [0.2, 0.25) is 0 Å². The number of likely N-dealkylation sites (tertiary alicyclic amines) is 1. The third-order valence-electron chi connectivity index (χ3n) is 2.10. The van der Waals surface area contributed by atoms with Crippen molar-refractivity contribution >= 4 is 5.71 Å². The first kappa shape index (κ1) is 8.53. The molecule has 0 aromatic heterocycles. The summed E-state index contributed by atoms with van der Waals surface area (Å²) in [6.45, 7) is 5.62. The molecular weight excluding hydrogens is 140 g/mol. The lowest BCUT2D eigenvalue weighted by atomic mass is 10.1. The van der Waals surface area contributed by atoms with Crippen molar-refractivity contribution in [3.05, 3.63) is 0 Å². The molecule has 11 heavy (non-hydrogen) atoms. The van der Waals surface area contributed by atoms with Crippen LogP contribution in [0.5, 0.6) is 0 Å². The van der Waals surface area contributed by atoms with Gasteiger partial charge in [-0.2, -0.15) is 0 Å². The van der Waals surface area contributed by atoms with Gasteiger partial charge in [0, 0.05) is 25.9 Å². The number of nitrogens with zero attached hydrogens (tertiary/aromatic N) is 2. The highest BCUT2D eigenvalue weighted by Crippen LogP contribution is 2.06. The monoisotopic (exact) mass is 156 g/mol. The summed E-state index contributed by atoms with van der Waals surface area (Å²) in [4.78, 5) is 7.14. The lowest BCUT2D eigenvalue weighted by molar-refractivity contribution is 0.206. The van der Waals surface area contributed by atoms with Gasteiger partial charge >= 0.3 is 0 Å². The summed E-state index contributed by atoms with van der Waals surface area (Å²) >= 11 is 0. The van der Waals surface area contributed by atoms with Crippen molar-refractivity contribution in [2.45, 2.75) is 19.8 Å². The molecule has 0 bridgehead atoms. The first-order valence-electron chi connectivity index (χ1n) is 4.18. The van der Waals surface area contributed by atoms with E-state index in [9.17, 15) is 0 Å². The Balaban J connectivity index is 2.30. The van der Waals surface area contributed by atoms with Crippen LogP contribution in [0, 0.1) is 0 Å². The standard InChI is InChI=1S/C8H16N2O/c1-3-10-6-4-8(5-7-10)9-11-2/h3-7H2,1-2H3. The first-order valence-corrected chi connectivity index (χ1v) is 4.18. The second-order valence-electron chi connectivity index (χ2n) is 2.77. The second-order valence-corrected chi connectivity index (χ2v) is 2.77. The van der Waals surface area contributed by atoms with Crippen LogP contribution >= 0.6 is 0 Å². The zero-order valence-corrected chi connectivity index (χ0v) is 7.34. The normalized spacial score (nSPS) is 20.0. The Kier molecular flexibility index (Phi) is 3.36. The minimum absolute atomic E-state index is 1.07. The first-order chi connectivity index (χ1) is 5.36. The molecule has 3 heteroatoms. The van der Waals surface area contributed by atoms with E-state index in [-0.39, 0.29) is 0 Å². The Morgan fingerprint density at radius 2 is 2.09 bits per heavy atom. The van der Waals surface area contributed by atoms with Crippen LogP contribution < -0.4 is 0 Å². The number of hydrogen-bond acceptors (Lipinski definition) is 3. The van der Waals surface area contributed by atoms with Gasteiger partial charge in [0.05, 0.1) is 5.71 Å². The highest BCUT2D eigenvalue weighted by molar-refractivity contribution is 5.84. The van der Waals surface area contributed by atoms with Crippen LogP contribution in [0.4, 0.5) is 0 Å². The van der Waals surface area contributed by atoms with E-state index in [0.717, 1.165) is 32.5 Å². The summed E-state index contributed by atoms with van der Waals surface area (Å²) in [6, 6.07) is 0. The molecule has 1 heterocycles. The quantitative estimate of drug-likeness (QED) is 0.559. The molecule has 0 N–H and O–H groups in total. The van der Waals surface area contributed by atoms with E-state index in [1.165, 1.54) is 5.71 Å². The van der Waals surface area contributed by atoms with Gasteiger partial charge in [-0.05, 0) is 6.54 Å². The van der Waals surface area contributed by atoms with E-state index in [0.29, 0.717) is 0 Å². The molecule has 0 aromatic rings. The summed E-state index contributed by atoms with van der Waals surface area (Å²) in [5, 5.41) is 3.94. The Hall–Kier alpha value is -0.570. The van der Waals surface area contributed by atoms with E-state index in [2.05, 4.69) is 17.0 Å². The van der Waals surface area contributed by atoms with Gasteiger partial charge in [-0.3, -0.25) is 0 Å². The molecule has 1 rings (SSSR count). The van der Waals surface area contributed by atoms with Crippen LogP contribution in [0.1, 0.15) is 19.8 Å². The molecule has 0 aromatic carbocycles. The minimum Gasteiger partial charge on any atom is -0.399 e. The SMILES string of the molecule is CCN1CCC(=NOC)CC1. The summed E-state index contributed by atoms with van der Waals surface area (Å²) in [6.07, 6.45) is 2.14. The van der Waals surface area contributed by atoms with E-state index < -0.39 is 0 Å². The maximum absolute atomic E-state index is 4.72. The third kappa shape index (κ3) is 2.50. The molecule has 0 radical (unpaired) electrons. The van der Waals surface area contributed by atoms with Gasteiger partial charge in [-0.15, -0.1) is 0 Å². The fourth-order valence-electron chi connectivity index (χ4n) is 1.35. The lowest BCUT2D eigenvalue weighted by Crippen LogP contribution is -2.33. The Morgan fingerprint density at radius 3 is 2.55 bits per heavy atom. The van der Waals surface area contributed by atoms with Gasteiger partial charge in [0.15, 0.2) is 0 Å². The van der Waals surface area contributed by atoms with E-state index in [4.69, 9.17) is 4.84 Å². The molecule has 0 amide bonds. The van der Waals surface area contributed by atoms with Crippen molar-refractivity contribution in [1.82, 2.24) is 4.90 Å². The Morgan fingerprint density at radius 1 is 1.45 bits per heavy atom. The minimum atomic E-state index is 1.07. The number of oxime groups is 1. The van der Waals surface area contributed by atoms with E-state index in [1.54, 1.807) is 7.11 Å². The molecule has 1 fully saturated rings. The molecule has 3 nitrogen and oxygen atoms in total. The zero-order valence-electron chi connectivity index (χ0n) is 7.34. The molecule has 0 aliphatic carbocycles. The van der Waals surface area contributed by atoms with Gasteiger partial charge in [-0.1, -0.05) is 12.1 Å². The average Bonchev–Trinajstić information content (AvgIpc) is 2.07. The summed E-state index contributed by atoms with van der Waals surface area (Å²) in [5.41, 5.74) is 1.21. The van der Waals surface area contributed by atoms with Gasteiger partial charge in [-0.25, -0.2) is 0 Å². The fourth-order valence-corrected chi connectivity index (χ4v) is 1.35. The van der Waals surface area contributed by atoms with Crippen LogP contribution in [0.25, 0.3) is 0 Å². The predicted molar refractivity (Wildman–Crippen MR) is 45.8 cm³/mol. The largest absolute Gasteiger partial charge is 0.399 e. The molecule has 1 saturated heterocycles. The predicted octanol–water partition coefficient (Wildman–Crippen LogP) is 1.10. The number of piperidine rings is 1. The molecule has 0 unspecified atom stereocenters. The number of rotatable bonds is 2. The summed E-state index contributed by atoms with van der Waals surface area (Å²) in [5.74, 6) is 0. The van der Waals surface area contributed by atoms with Crippen molar-refractivity contribution in [1.29, 1.82) is 0 Å². The van der Waals surface area contributed by atoms with Gasteiger partial charge in [0.1, 0.15) is 7.11 Å². The van der Waals surface area contributed by atoms with Crippen LogP contribution in [0.15, 0.2) is 5.16 Å². The van der Waals surface area contributed by atoms with Crippen LogP contribution in [-0.2, 0) is 4.84 Å². The molecule has 0 saturated carbocycles. The maximum Gasteiger partial charge on any atom is 0.106 e. The smallest absolute Gasteiger partial charge is 0.106 e. The Labute approximate surface area is 68.0 Å². The second kappa shape index (κ2) is 4.34. The maximum atomic E-state index is 4.72. The lowest BCUT2D eigenvalue weighted by Gasteiger charge is -2.25. The highest BCUT2D eigenvalue weighted by atomic mass is 16.6. The van der Waals surface area contributed by atoms with Crippen LogP contribution in [-0.4, -0.2) is 37.4 Å². The molecular formula is C8H16N2O. The number of hydrogen-bond donors (Lipinski definition) is 0. The zero-order chi connectivity index (χ0) is 8.10. The van der Waals surface area contributed by atoms with Crippen molar-refractivity contribution in [2.24, 2.45) is 5.16 Å². The van der Waals surface area contributed by atoms with E-state index >= 15 is 0 Å².